The fourth-order valence-electron chi connectivity index (χ4n) is 4.42. The number of aromatic nitrogens is 3. The topological polar surface area (TPSA) is 72.3 Å². The first-order chi connectivity index (χ1) is 13.7. The summed E-state index contributed by atoms with van der Waals surface area (Å²) in [5.41, 5.74) is 4.98. The molecule has 28 heavy (non-hydrogen) atoms. The largest absolute Gasteiger partial charge is 0.381 e. The Bertz CT molecular complexity index is 883. The monoisotopic (exact) mass is 381 g/mol. The van der Waals surface area contributed by atoms with Gasteiger partial charge in [-0.25, -0.2) is 4.68 Å². The van der Waals surface area contributed by atoms with Crippen LogP contribution in [-0.2, 0) is 17.7 Å². The van der Waals surface area contributed by atoms with E-state index in [1.54, 1.807) is 0 Å². The van der Waals surface area contributed by atoms with Crippen LogP contribution in [-0.4, -0.2) is 57.6 Å². The first-order valence-electron chi connectivity index (χ1n) is 10.4. The predicted molar refractivity (Wildman–Crippen MR) is 105 cm³/mol. The quantitative estimate of drug-likeness (QED) is 0.877. The molecule has 0 bridgehead atoms. The Morgan fingerprint density at radius 2 is 2.04 bits per heavy atom. The molecule has 0 radical (unpaired) electrons. The fourth-order valence-corrected chi connectivity index (χ4v) is 4.42. The van der Waals surface area contributed by atoms with Gasteiger partial charge >= 0.3 is 0 Å². The van der Waals surface area contributed by atoms with E-state index in [-0.39, 0.29) is 5.91 Å². The summed E-state index contributed by atoms with van der Waals surface area (Å²) < 4.78 is 7.36. The van der Waals surface area contributed by atoms with Crippen LogP contribution in [0.4, 0.5) is 0 Å². The van der Waals surface area contributed by atoms with Gasteiger partial charge in [-0.3, -0.25) is 9.69 Å². The van der Waals surface area contributed by atoms with E-state index < -0.39 is 0 Å². The van der Waals surface area contributed by atoms with Gasteiger partial charge in [0.05, 0.1) is 11.4 Å². The van der Waals surface area contributed by atoms with Crippen LogP contribution in [0.15, 0.2) is 18.2 Å². The molecular formula is C21H27N5O2. The zero-order valence-electron chi connectivity index (χ0n) is 16.4. The summed E-state index contributed by atoms with van der Waals surface area (Å²) in [5.74, 6) is -0.109. The Kier molecular flexibility index (Phi) is 4.64. The predicted octanol–water partition coefficient (Wildman–Crippen LogP) is 2.01. The van der Waals surface area contributed by atoms with E-state index >= 15 is 0 Å². The lowest BCUT2D eigenvalue weighted by atomic mass is 9.95. The third kappa shape index (κ3) is 3.33. The molecule has 0 unspecified atom stereocenters. The number of fused-ring (bicyclic) bond motifs is 1. The minimum Gasteiger partial charge on any atom is -0.381 e. The van der Waals surface area contributed by atoms with Crippen LogP contribution in [0.3, 0.4) is 0 Å². The van der Waals surface area contributed by atoms with E-state index in [0.29, 0.717) is 17.8 Å². The third-order valence-corrected chi connectivity index (χ3v) is 6.23. The van der Waals surface area contributed by atoms with Crippen molar-refractivity contribution < 1.29 is 9.53 Å². The molecule has 7 nitrogen and oxygen atoms in total. The number of nitrogens with zero attached hydrogens (tertiary/aromatic N) is 4. The van der Waals surface area contributed by atoms with Crippen molar-refractivity contribution in [2.75, 3.05) is 19.8 Å². The first kappa shape index (κ1) is 17.8. The second-order valence-corrected chi connectivity index (χ2v) is 8.16. The highest BCUT2D eigenvalue weighted by atomic mass is 16.5. The van der Waals surface area contributed by atoms with Crippen molar-refractivity contribution in [1.29, 1.82) is 0 Å². The van der Waals surface area contributed by atoms with E-state index in [0.717, 1.165) is 69.8 Å². The van der Waals surface area contributed by atoms with Gasteiger partial charge in [-0.15, -0.1) is 5.10 Å². The van der Waals surface area contributed by atoms with Crippen LogP contribution in [0.5, 0.6) is 0 Å². The molecule has 1 aromatic carbocycles. The molecule has 5 rings (SSSR count). The molecule has 0 spiro atoms. The smallest absolute Gasteiger partial charge is 0.273 e. The Hall–Kier alpha value is -2.25. The van der Waals surface area contributed by atoms with Gasteiger partial charge < -0.3 is 10.1 Å². The van der Waals surface area contributed by atoms with Crippen molar-refractivity contribution in [2.24, 2.45) is 0 Å². The van der Waals surface area contributed by atoms with Crippen LogP contribution in [0.2, 0.25) is 0 Å². The van der Waals surface area contributed by atoms with Gasteiger partial charge in [-0.1, -0.05) is 17.3 Å². The molecule has 1 aromatic heterocycles. The first-order valence-corrected chi connectivity index (χ1v) is 10.4. The van der Waals surface area contributed by atoms with Crippen LogP contribution >= 0.6 is 0 Å². The van der Waals surface area contributed by atoms with Gasteiger partial charge in [0.15, 0.2) is 5.69 Å². The molecule has 3 heterocycles. The number of carbonyl (C=O) groups is 1. The molecule has 1 amide bonds. The van der Waals surface area contributed by atoms with Crippen LogP contribution in [0.1, 0.15) is 53.0 Å². The average molecular weight is 381 g/mol. The van der Waals surface area contributed by atoms with Gasteiger partial charge in [-0.2, -0.15) is 0 Å². The number of carbonyl (C=O) groups excluding carboxylic acids is 1. The summed E-state index contributed by atoms with van der Waals surface area (Å²) in [6.45, 7) is 5.70. The Balaban J connectivity index is 1.40. The van der Waals surface area contributed by atoms with Gasteiger partial charge in [0, 0.05) is 38.4 Å². The molecule has 0 atom stereocenters. The van der Waals surface area contributed by atoms with E-state index in [2.05, 4.69) is 38.7 Å². The van der Waals surface area contributed by atoms with E-state index in [4.69, 9.17) is 4.74 Å². The number of benzene rings is 1. The standard InChI is InChI=1S/C21H27N5O2/c1-14-20(21(27)22-16-5-6-16)23-24-26(14)19-4-2-3-15-13-25(10-7-18(15)19)17-8-11-28-12-9-17/h2-4,16-17H,5-13H2,1H3,(H,22,27). The summed E-state index contributed by atoms with van der Waals surface area (Å²) >= 11 is 0. The van der Waals surface area contributed by atoms with Crippen molar-refractivity contribution in [3.8, 4) is 5.69 Å². The Morgan fingerprint density at radius 3 is 2.82 bits per heavy atom. The highest BCUT2D eigenvalue weighted by Crippen LogP contribution is 2.29. The van der Waals surface area contributed by atoms with Crippen molar-refractivity contribution in [2.45, 2.75) is 57.7 Å². The minimum atomic E-state index is -0.109. The van der Waals surface area contributed by atoms with E-state index in [1.807, 2.05) is 11.6 Å². The van der Waals surface area contributed by atoms with Crippen molar-refractivity contribution in [3.05, 3.63) is 40.7 Å². The lowest BCUT2D eigenvalue weighted by molar-refractivity contribution is 0.0290. The van der Waals surface area contributed by atoms with Gasteiger partial charge in [0.1, 0.15) is 0 Å². The summed E-state index contributed by atoms with van der Waals surface area (Å²) in [6, 6.07) is 7.34. The van der Waals surface area contributed by atoms with Crippen LogP contribution < -0.4 is 5.32 Å². The number of amides is 1. The lowest BCUT2D eigenvalue weighted by Crippen LogP contribution is -2.42. The molecule has 2 fully saturated rings. The Morgan fingerprint density at radius 1 is 1.21 bits per heavy atom. The Labute approximate surface area is 165 Å². The highest BCUT2D eigenvalue weighted by Gasteiger charge is 2.29. The molecule has 148 valence electrons. The van der Waals surface area contributed by atoms with Gasteiger partial charge in [-0.05, 0) is 56.2 Å². The molecule has 7 heteroatoms. The normalized spacial score (nSPS) is 20.8. The second-order valence-electron chi connectivity index (χ2n) is 8.16. The van der Waals surface area contributed by atoms with Crippen LogP contribution in [0.25, 0.3) is 5.69 Å². The van der Waals surface area contributed by atoms with Crippen molar-refractivity contribution in [3.63, 3.8) is 0 Å². The molecule has 1 saturated carbocycles. The second kappa shape index (κ2) is 7.29. The molecule has 1 N–H and O–H groups in total. The summed E-state index contributed by atoms with van der Waals surface area (Å²) in [4.78, 5) is 15.0. The average Bonchev–Trinajstić information content (AvgIpc) is 3.46. The van der Waals surface area contributed by atoms with Gasteiger partial charge in [0.25, 0.3) is 5.91 Å². The lowest BCUT2D eigenvalue weighted by Gasteiger charge is -2.38. The van der Waals surface area contributed by atoms with Gasteiger partial charge in [0.2, 0.25) is 0 Å². The third-order valence-electron chi connectivity index (χ3n) is 6.23. The fraction of sp³-hybridized carbons (Fsp3) is 0.571. The number of hydrogen-bond acceptors (Lipinski definition) is 5. The zero-order valence-corrected chi connectivity index (χ0v) is 16.4. The highest BCUT2D eigenvalue weighted by molar-refractivity contribution is 5.93. The number of nitrogens with one attached hydrogen (secondary N) is 1. The van der Waals surface area contributed by atoms with Crippen molar-refractivity contribution >= 4 is 5.91 Å². The minimum absolute atomic E-state index is 0.109. The molecule has 1 aliphatic carbocycles. The van der Waals surface area contributed by atoms with E-state index in [9.17, 15) is 4.79 Å². The molecule has 1 saturated heterocycles. The molecular weight excluding hydrogens is 354 g/mol. The number of hydrogen-bond donors (Lipinski definition) is 1. The SMILES string of the molecule is Cc1c(C(=O)NC2CC2)nnn1-c1cccc2c1CCN(C1CCOCC1)C2. The van der Waals surface area contributed by atoms with Crippen LogP contribution in [0, 0.1) is 6.92 Å². The number of rotatable bonds is 4. The molecule has 3 aliphatic rings. The summed E-state index contributed by atoms with van der Waals surface area (Å²) in [7, 11) is 0. The van der Waals surface area contributed by atoms with E-state index in [1.165, 1.54) is 11.1 Å². The maximum absolute atomic E-state index is 12.4. The maximum Gasteiger partial charge on any atom is 0.273 e. The summed E-state index contributed by atoms with van der Waals surface area (Å²) in [5, 5.41) is 11.5. The zero-order chi connectivity index (χ0) is 19.1. The summed E-state index contributed by atoms with van der Waals surface area (Å²) in [6.07, 6.45) is 5.36. The number of ether oxygens (including phenoxy) is 1. The molecule has 2 aliphatic heterocycles. The maximum atomic E-state index is 12.4. The van der Waals surface area contributed by atoms with Crippen molar-refractivity contribution in [1.82, 2.24) is 25.2 Å². The molecule has 2 aromatic rings.